The number of carbonyl (C=O) groups excluding carboxylic acids is 1. The van der Waals surface area contributed by atoms with E-state index in [0.717, 1.165) is 12.8 Å². The molecule has 0 unspecified atom stereocenters. The number of nitriles is 1. The van der Waals surface area contributed by atoms with Crippen molar-refractivity contribution in [3.8, 4) is 6.07 Å². The highest BCUT2D eigenvalue weighted by molar-refractivity contribution is 5.75. The highest BCUT2D eigenvalue weighted by Gasteiger charge is 1.96. The van der Waals surface area contributed by atoms with Gasteiger partial charge in [-0.2, -0.15) is 5.26 Å². The van der Waals surface area contributed by atoms with Gasteiger partial charge in [0.2, 0.25) is 5.91 Å². The predicted molar refractivity (Wildman–Crippen MR) is 38.1 cm³/mol. The van der Waals surface area contributed by atoms with Crippen molar-refractivity contribution in [2.45, 2.75) is 26.2 Å². The molecule has 0 aliphatic rings. The molecule has 3 heteroatoms. The fourth-order valence-electron chi connectivity index (χ4n) is 0.564. The van der Waals surface area contributed by atoms with E-state index >= 15 is 0 Å². The van der Waals surface area contributed by atoms with Gasteiger partial charge in [0.25, 0.3) is 0 Å². The Hall–Kier alpha value is -1.04. The molecule has 0 aromatic rings. The topological polar surface area (TPSA) is 52.9 Å². The average molecular weight is 140 g/mol. The third-order valence-electron chi connectivity index (χ3n) is 1.12. The Morgan fingerprint density at radius 2 is 2.40 bits per heavy atom. The Morgan fingerprint density at radius 3 is 2.90 bits per heavy atom. The highest BCUT2D eigenvalue weighted by atomic mass is 16.1. The van der Waals surface area contributed by atoms with E-state index in [1.165, 1.54) is 0 Å². The Bertz CT molecular complexity index is 137. The van der Waals surface area contributed by atoms with Gasteiger partial charge in [-0.05, 0) is 6.42 Å². The number of unbranched alkanes of at least 4 members (excludes halogenated alkanes) is 1. The van der Waals surface area contributed by atoms with Crippen molar-refractivity contribution in [3.05, 3.63) is 0 Å². The summed E-state index contributed by atoms with van der Waals surface area (Å²) < 4.78 is 0. The van der Waals surface area contributed by atoms with Crippen LogP contribution < -0.4 is 5.32 Å². The molecule has 0 saturated heterocycles. The molecule has 3 nitrogen and oxygen atoms in total. The lowest BCUT2D eigenvalue weighted by Crippen LogP contribution is -2.22. The number of carbonyl (C=O) groups is 1. The van der Waals surface area contributed by atoms with Crippen LogP contribution in [0.25, 0.3) is 0 Å². The first-order valence-electron chi connectivity index (χ1n) is 3.45. The van der Waals surface area contributed by atoms with Crippen molar-refractivity contribution in [2.24, 2.45) is 0 Å². The zero-order chi connectivity index (χ0) is 7.82. The molecule has 0 radical (unpaired) electrons. The summed E-state index contributed by atoms with van der Waals surface area (Å²) in [5.74, 6) is -0.0246. The smallest absolute Gasteiger partial charge is 0.220 e. The number of rotatable bonds is 4. The second-order valence-corrected chi connectivity index (χ2v) is 2.04. The van der Waals surface area contributed by atoms with E-state index in [2.05, 4.69) is 5.32 Å². The summed E-state index contributed by atoms with van der Waals surface area (Å²) in [4.78, 5) is 10.7. The van der Waals surface area contributed by atoms with Crippen LogP contribution >= 0.6 is 0 Å². The van der Waals surface area contributed by atoms with Crippen LogP contribution in [-0.4, -0.2) is 12.5 Å². The number of hydrogen-bond donors (Lipinski definition) is 1. The van der Waals surface area contributed by atoms with E-state index in [9.17, 15) is 4.79 Å². The van der Waals surface area contributed by atoms with Crippen LogP contribution in [0.1, 0.15) is 26.2 Å². The first-order valence-corrected chi connectivity index (χ1v) is 3.45. The lowest BCUT2D eigenvalue weighted by atomic mass is 10.2. The lowest BCUT2D eigenvalue weighted by molar-refractivity contribution is -0.120. The zero-order valence-corrected chi connectivity index (χ0v) is 6.18. The quantitative estimate of drug-likeness (QED) is 0.587. The molecule has 0 aliphatic carbocycles. The monoisotopic (exact) mass is 140 g/mol. The van der Waals surface area contributed by atoms with E-state index in [1.54, 1.807) is 0 Å². The van der Waals surface area contributed by atoms with Crippen LogP contribution in [0.4, 0.5) is 0 Å². The molecule has 0 atom stereocenters. The number of nitrogens with one attached hydrogen (secondary N) is 1. The minimum absolute atomic E-state index is 0.0246. The summed E-state index contributed by atoms with van der Waals surface area (Å²) >= 11 is 0. The fraction of sp³-hybridized carbons (Fsp3) is 0.714. The molecule has 0 fully saturated rings. The van der Waals surface area contributed by atoms with Crippen molar-refractivity contribution in [2.75, 3.05) is 6.54 Å². The molecular weight excluding hydrogens is 128 g/mol. The Labute approximate surface area is 61.0 Å². The minimum atomic E-state index is -0.0246. The van der Waals surface area contributed by atoms with Gasteiger partial charge in [-0.15, -0.1) is 0 Å². The standard InChI is InChI=1S/C7H12N2O/c1-2-3-4-7(10)9-6-5-8/h2-4,6H2,1H3,(H,9,10). The Morgan fingerprint density at radius 1 is 1.70 bits per heavy atom. The molecule has 1 N–H and O–H groups in total. The van der Waals surface area contributed by atoms with Crippen LogP contribution in [0.15, 0.2) is 0 Å². The highest BCUT2D eigenvalue weighted by Crippen LogP contribution is 1.91. The maximum absolute atomic E-state index is 10.7. The van der Waals surface area contributed by atoms with Crippen molar-refractivity contribution in [1.82, 2.24) is 5.32 Å². The van der Waals surface area contributed by atoms with Gasteiger partial charge in [-0.3, -0.25) is 4.79 Å². The van der Waals surface area contributed by atoms with E-state index < -0.39 is 0 Å². The second-order valence-electron chi connectivity index (χ2n) is 2.04. The van der Waals surface area contributed by atoms with Gasteiger partial charge in [0, 0.05) is 6.42 Å². The molecule has 0 aliphatic heterocycles. The first kappa shape index (κ1) is 8.96. The van der Waals surface area contributed by atoms with Crippen LogP contribution in [0.3, 0.4) is 0 Å². The minimum Gasteiger partial charge on any atom is -0.343 e. The van der Waals surface area contributed by atoms with Gasteiger partial charge in [-0.1, -0.05) is 13.3 Å². The second kappa shape index (κ2) is 6.09. The third kappa shape index (κ3) is 5.10. The molecule has 1 amide bonds. The SMILES string of the molecule is CCCCC(=O)NCC#N. The van der Waals surface area contributed by atoms with Crippen molar-refractivity contribution >= 4 is 5.91 Å². The summed E-state index contributed by atoms with van der Waals surface area (Å²) in [5.41, 5.74) is 0. The van der Waals surface area contributed by atoms with Gasteiger partial charge >= 0.3 is 0 Å². The van der Waals surface area contributed by atoms with Crippen LogP contribution in [-0.2, 0) is 4.79 Å². The van der Waals surface area contributed by atoms with Crippen molar-refractivity contribution in [3.63, 3.8) is 0 Å². The van der Waals surface area contributed by atoms with E-state index in [4.69, 9.17) is 5.26 Å². The third-order valence-corrected chi connectivity index (χ3v) is 1.12. The number of nitrogens with zero attached hydrogens (tertiary/aromatic N) is 1. The molecule has 0 saturated carbocycles. The molecule has 0 aromatic carbocycles. The average Bonchev–Trinajstić information content (AvgIpc) is 1.97. The van der Waals surface area contributed by atoms with Crippen LogP contribution in [0, 0.1) is 11.3 Å². The zero-order valence-electron chi connectivity index (χ0n) is 6.18. The lowest BCUT2D eigenvalue weighted by Gasteiger charge is -1.97. The fourth-order valence-corrected chi connectivity index (χ4v) is 0.564. The normalized spacial score (nSPS) is 8.40. The van der Waals surface area contributed by atoms with Gasteiger partial charge < -0.3 is 5.32 Å². The summed E-state index contributed by atoms with van der Waals surface area (Å²) in [6.07, 6.45) is 2.45. The summed E-state index contributed by atoms with van der Waals surface area (Å²) in [5, 5.41) is 10.5. The predicted octanol–water partition coefficient (Wildman–Crippen LogP) is 0.816. The van der Waals surface area contributed by atoms with E-state index in [0.29, 0.717) is 6.42 Å². The summed E-state index contributed by atoms with van der Waals surface area (Å²) in [7, 11) is 0. The Kier molecular flexibility index (Phi) is 5.45. The van der Waals surface area contributed by atoms with Crippen molar-refractivity contribution < 1.29 is 4.79 Å². The molecule has 0 aromatic heterocycles. The molecule has 0 bridgehead atoms. The van der Waals surface area contributed by atoms with Crippen LogP contribution in [0.5, 0.6) is 0 Å². The molecule has 0 heterocycles. The molecule has 56 valence electrons. The van der Waals surface area contributed by atoms with Crippen LogP contribution in [0.2, 0.25) is 0 Å². The molecule has 0 rings (SSSR count). The number of hydrogen-bond acceptors (Lipinski definition) is 2. The van der Waals surface area contributed by atoms with E-state index in [1.807, 2.05) is 13.0 Å². The summed E-state index contributed by atoms with van der Waals surface area (Å²) in [6.45, 7) is 2.15. The molecular formula is C7H12N2O. The van der Waals surface area contributed by atoms with Crippen molar-refractivity contribution in [1.29, 1.82) is 5.26 Å². The van der Waals surface area contributed by atoms with E-state index in [-0.39, 0.29) is 12.5 Å². The largest absolute Gasteiger partial charge is 0.343 e. The Balaban J connectivity index is 3.19. The summed E-state index contributed by atoms with van der Waals surface area (Å²) in [6, 6.07) is 1.84. The van der Waals surface area contributed by atoms with Gasteiger partial charge in [-0.25, -0.2) is 0 Å². The van der Waals surface area contributed by atoms with Gasteiger partial charge in [0.05, 0.1) is 6.07 Å². The maximum atomic E-state index is 10.7. The van der Waals surface area contributed by atoms with Gasteiger partial charge in [0.1, 0.15) is 6.54 Å². The maximum Gasteiger partial charge on any atom is 0.220 e. The first-order chi connectivity index (χ1) is 4.81. The molecule has 0 spiro atoms. The molecule has 10 heavy (non-hydrogen) atoms. The van der Waals surface area contributed by atoms with Gasteiger partial charge in [0.15, 0.2) is 0 Å². The number of amides is 1.